The van der Waals surface area contributed by atoms with Crippen molar-refractivity contribution in [2.45, 2.75) is 24.9 Å². The van der Waals surface area contributed by atoms with Crippen LogP contribution in [-0.2, 0) is 9.53 Å². The molecule has 0 heterocycles. The van der Waals surface area contributed by atoms with E-state index in [0.29, 0.717) is 0 Å². The van der Waals surface area contributed by atoms with Crippen LogP contribution in [0, 0.1) is 0 Å². The molecule has 0 saturated carbocycles. The van der Waals surface area contributed by atoms with Gasteiger partial charge in [0.25, 0.3) is 0 Å². The Kier molecular flexibility index (Phi) is 4.35. The summed E-state index contributed by atoms with van der Waals surface area (Å²) in [6.45, 7) is -2.07. The maximum Gasteiger partial charge on any atom is 0.399 e. The Bertz CT molecular complexity index is 222. The molecule has 0 rings (SSSR count). The highest BCUT2D eigenvalue weighted by Gasteiger charge is 2.43. The lowest BCUT2D eigenvalue weighted by Crippen LogP contribution is -2.34. The molecule has 0 aromatic carbocycles. The number of esters is 1. The lowest BCUT2D eigenvalue weighted by Gasteiger charge is -2.15. The molecule has 0 aromatic rings. The van der Waals surface area contributed by atoms with E-state index in [1.165, 1.54) is 0 Å². The summed E-state index contributed by atoms with van der Waals surface area (Å²) in [6, 6.07) is 0. The van der Waals surface area contributed by atoms with Crippen LogP contribution in [0.3, 0.4) is 0 Å². The average molecular weight is 242 g/mol. The molecule has 0 fully saturated rings. The van der Waals surface area contributed by atoms with E-state index in [1.807, 2.05) is 0 Å². The summed E-state index contributed by atoms with van der Waals surface area (Å²) in [4.78, 5) is 10.2. The SMILES string of the molecule is O=C(CC(F)(F)F)OCC(F)(F)C(F)F. The van der Waals surface area contributed by atoms with Crippen LogP contribution in [-0.4, -0.2) is 31.1 Å². The van der Waals surface area contributed by atoms with Gasteiger partial charge in [0.2, 0.25) is 0 Å². The Morgan fingerprint density at radius 1 is 1.13 bits per heavy atom. The van der Waals surface area contributed by atoms with Crippen molar-refractivity contribution in [1.29, 1.82) is 0 Å². The zero-order valence-electron chi connectivity index (χ0n) is 6.95. The van der Waals surface area contributed by atoms with Crippen molar-refractivity contribution in [3.05, 3.63) is 0 Å². The third kappa shape index (κ3) is 6.13. The first-order valence-electron chi connectivity index (χ1n) is 3.43. The fraction of sp³-hybridized carbons (Fsp3) is 0.833. The van der Waals surface area contributed by atoms with Gasteiger partial charge in [0, 0.05) is 0 Å². The van der Waals surface area contributed by atoms with Gasteiger partial charge in [-0.3, -0.25) is 4.79 Å². The van der Waals surface area contributed by atoms with Gasteiger partial charge < -0.3 is 4.74 Å². The van der Waals surface area contributed by atoms with Crippen molar-refractivity contribution in [3.8, 4) is 0 Å². The van der Waals surface area contributed by atoms with E-state index < -0.39 is 37.5 Å². The van der Waals surface area contributed by atoms with E-state index in [2.05, 4.69) is 4.74 Å². The van der Waals surface area contributed by atoms with Crippen molar-refractivity contribution < 1.29 is 40.3 Å². The van der Waals surface area contributed by atoms with Crippen molar-refractivity contribution in [3.63, 3.8) is 0 Å². The number of carbonyl (C=O) groups is 1. The number of rotatable bonds is 4. The molecule has 90 valence electrons. The van der Waals surface area contributed by atoms with Crippen LogP contribution in [0.1, 0.15) is 6.42 Å². The van der Waals surface area contributed by atoms with Gasteiger partial charge in [0.05, 0.1) is 0 Å². The molecule has 9 heteroatoms. The van der Waals surface area contributed by atoms with Gasteiger partial charge >= 0.3 is 24.5 Å². The molecule has 15 heavy (non-hydrogen) atoms. The molecule has 0 aliphatic heterocycles. The highest BCUT2D eigenvalue weighted by atomic mass is 19.4. The first-order valence-corrected chi connectivity index (χ1v) is 3.43. The molecule has 0 radical (unpaired) electrons. The van der Waals surface area contributed by atoms with Crippen molar-refractivity contribution >= 4 is 5.97 Å². The summed E-state index contributed by atoms with van der Waals surface area (Å²) in [5.74, 6) is -6.66. The van der Waals surface area contributed by atoms with Crippen LogP contribution in [0.5, 0.6) is 0 Å². The van der Waals surface area contributed by atoms with Crippen molar-refractivity contribution in [1.82, 2.24) is 0 Å². The van der Waals surface area contributed by atoms with Gasteiger partial charge in [-0.1, -0.05) is 0 Å². The maximum atomic E-state index is 12.0. The number of hydrogen-bond donors (Lipinski definition) is 0. The molecule has 0 bridgehead atoms. The fourth-order valence-corrected chi connectivity index (χ4v) is 0.454. The minimum atomic E-state index is -4.92. The van der Waals surface area contributed by atoms with Crippen molar-refractivity contribution in [2.24, 2.45) is 0 Å². The second-order valence-electron chi connectivity index (χ2n) is 2.51. The summed E-state index contributed by atoms with van der Waals surface area (Å²) < 4.78 is 84.6. The number of hydrogen-bond acceptors (Lipinski definition) is 2. The summed E-state index contributed by atoms with van der Waals surface area (Å²) in [5.41, 5.74) is 0. The van der Waals surface area contributed by atoms with Crippen LogP contribution in [0.25, 0.3) is 0 Å². The minimum Gasteiger partial charge on any atom is -0.459 e. The maximum absolute atomic E-state index is 12.0. The van der Waals surface area contributed by atoms with Crippen LogP contribution < -0.4 is 0 Å². The third-order valence-corrected chi connectivity index (χ3v) is 1.09. The molecule has 0 unspecified atom stereocenters. The molecular formula is C6H5F7O2. The molecule has 0 N–H and O–H groups in total. The molecule has 2 nitrogen and oxygen atoms in total. The summed E-state index contributed by atoms with van der Waals surface area (Å²) >= 11 is 0. The number of alkyl halides is 7. The van der Waals surface area contributed by atoms with Crippen molar-refractivity contribution in [2.75, 3.05) is 6.61 Å². The summed E-state index contributed by atoms with van der Waals surface area (Å²) in [7, 11) is 0. The third-order valence-electron chi connectivity index (χ3n) is 1.09. The summed E-state index contributed by atoms with van der Waals surface area (Å²) in [6.07, 6.45) is -11.1. The molecular weight excluding hydrogens is 237 g/mol. The smallest absolute Gasteiger partial charge is 0.399 e. The largest absolute Gasteiger partial charge is 0.459 e. The zero-order valence-corrected chi connectivity index (χ0v) is 6.95. The van der Waals surface area contributed by atoms with E-state index in [4.69, 9.17) is 0 Å². The Labute approximate surface area is 79.0 Å². The lowest BCUT2D eigenvalue weighted by atomic mass is 10.4. The Morgan fingerprint density at radius 2 is 1.60 bits per heavy atom. The second-order valence-corrected chi connectivity index (χ2v) is 2.51. The predicted octanol–water partition coefficient (Wildman–Crippen LogP) is 2.38. The molecule has 0 aromatic heterocycles. The van der Waals surface area contributed by atoms with Crippen LogP contribution >= 0.6 is 0 Å². The monoisotopic (exact) mass is 242 g/mol. The normalized spacial score (nSPS) is 13.1. The molecule has 0 aliphatic carbocycles. The first-order chi connectivity index (χ1) is 6.54. The average Bonchev–Trinajstić information content (AvgIpc) is 1.97. The van der Waals surface area contributed by atoms with E-state index in [1.54, 1.807) is 0 Å². The van der Waals surface area contributed by atoms with E-state index >= 15 is 0 Å². The Morgan fingerprint density at radius 3 is 1.93 bits per heavy atom. The highest BCUT2D eigenvalue weighted by Crippen LogP contribution is 2.24. The standard InChI is InChI=1S/C6H5F7O2/c7-4(8)5(9,10)2-15-3(14)1-6(11,12)13/h4H,1-2H2. The number of ether oxygens (including phenoxy) is 1. The van der Waals surface area contributed by atoms with E-state index in [-0.39, 0.29) is 0 Å². The van der Waals surface area contributed by atoms with Crippen LogP contribution in [0.4, 0.5) is 30.7 Å². The number of carbonyl (C=O) groups excluding carboxylic acids is 1. The Hall–Kier alpha value is -1.02. The van der Waals surface area contributed by atoms with Crippen LogP contribution in [0.15, 0.2) is 0 Å². The molecule has 0 amide bonds. The lowest BCUT2D eigenvalue weighted by molar-refractivity contribution is -0.192. The zero-order chi connectivity index (χ0) is 12.3. The van der Waals surface area contributed by atoms with Crippen LogP contribution in [0.2, 0.25) is 0 Å². The topological polar surface area (TPSA) is 26.3 Å². The highest BCUT2D eigenvalue weighted by molar-refractivity contribution is 5.70. The van der Waals surface area contributed by atoms with Gasteiger partial charge in [-0.15, -0.1) is 0 Å². The number of halogens is 7. The van der Waals surface area contributed by atoms with Gasteiger partial charge in [0.1, 0.15) is 6.42 Å². The van der Waals surface area contributed by atoms with E-state index in [9.17, 15) is 35.5 Å². The minimum absolute atomic E-state index is 2.03. The van der Waals surface area contributed by atoms with Gasteiger partial charge in [-0.25, -0.2) is 8.78 Å². The fourth-order valence-electron chi connectivity index (χ4n) is 0.454. The molecule has 0 spiro atoms. The second kappa shape index (κ2) is 4.67. The van der Waals surface area contributed by atoms with E-state index in [0.717, 1.165) is 0 Å². The Balaban J connectivity index is 4.02. The summed E-state index contributed by atoms with van der Waals surface area (Å²) in [5, 5.41) is 0. The molecule has 0 aliphatic rings. The molecule has 0 atom stereocenters. The van der Waals surface area contributed by atoms with Gasteiger partial charge in [-0.05, 0) is 0 Å². The predicted molar refractivity (Wildman–Crippen MR) is 32.6 cm³/mol. The quantitative estimate of drug-likeness (QED) is 0.558. The van der Waals surface area contributed by atoms with Gasteiger partial charge in [-0.2, -0.15) is 22.0 Å². The first kappa shape index (κ1) is 14.0. The molecule has 0 saturated heterocycles. The van der Waals surface area contributed by atoms with Gasteiger partial charge in [0.15, 0.2) is 6.61 Å².